The molecule has 1 atom stereocenters. The predicted octanol–water partition coefficient (Wildman–Crippen LogP) is 2.80. The van der Waals surface area contributed by atoms with Crippen LogP contribution >= 0.6 is 0 Å². The maximum atomic E-state index is 11.8. The Kier molecular flexibility index (Phi) is 5.68. The van der Waals surface area contributed by atoms with Crippen LogP contribution in [-0.2, 0) is 4.79 Å². The standard InChI is InChI=1S/C16H30N2O/c1-13(2)16(19)17-15-9-6-10-18(12-15)11-14-7-4-3-5-8-14/h13-15H,3-12H2,1-2H3,(H,17,19). The molecule has 0 radical (unpaired) electrons. The first-order valence-electron chi connectivity index (χ1n) is 8.18. The molecule has 1 aliphatic heterocycles. The van der Waals surface area contributed by atoms with Gasteiger partial charge in [-0.15, -0.1) is 0 Å². The molecule has 2 rings (SSSR count). The van der Waals surface area contributed by atoms with Gasteiger partial charge in [-0.05, 0) is 38.1 Å². The first-order valence-corrected chi connectivity index (χ1v) is 8.18. The second-order valence-electron chi connectivity index (χ2n) is 6.77. The highest BCUT2D eigenvalue weighted by atomic mass is 16.1. The highest BCUT2D eigenvalue weighted by Crippen LogP contribution is 2.25. The number of likely N-dealkylation sites (tertiary alicyclic amines) is 1. The van der Waals surface area contributed by atoms with E-state index < -0.39 is 0 Å². The molecule has 0 bridgehead atoms. The zero-order valence-electron chi connectivity index (χ0n) is 12.7. The Bertz CT molecular complexity index is 284. The molecule has 1 saturated heterocycles. The van der Waals surface area contributed by atoms with Gasteiger partial charge in [0.1, 0.15) is 0 Å². The van der Waals surface area contributed by atoms with Gasteiger partial charge in [0.2, 0.25) is 5.91 Å². The molecule has 0 spiro atoms. The van der Waals surface area contributed by atoms with Gasteiger partial charge in [-0.3, -0.25) is 4.79 Å². The first kappa shape index (κ1) is 14.8. The number of hydrogen-bond donors (Lipinski definition) is 1. The van der Waals surface area contributed by atoms with Crippen LogP contribution in [0.3, 0.4) is 0 Å². The molecule has 19 heavy (non-hydrogen) atoms. The topological polar surface area (TPSA) is 32.3 Å². The summed E-state index contributed by atoms with van der Waals surface area (Å²) in [5.74, 6) is 1.23. The van der Waals surface area contributed by atoms with Gasteiger partial charge in [-0.25, -0.2) is 0 Å². The molecule has 3 nitrogen and oxygen atoms in total. The largest absolute Gasteiger partial charge is 0.352 e. The fraction of sp³-hybridized carbons (Fsp3) is 0.938. The Hall–Kier alpha value is -0.570. The van der Waals surface area contributed by atoms with Gasteiger partial charge in [0, 0.05) is 25.0 Å². The fourth-order valence-electron chi connectivity index (χ4n) is 3.44. The van der Waals surface area contributed by atoms with Crippen molar-refractivity contribution in [2.75, 3.05) is 19.6 Å². The lowest BCUT2D eigenvalue weighted by Gasteiger charge is -2.36. The fourth-order valence-corrected chi connectivity index (χ4v) is 3.44. The third-order valence-corrected chi connectivity index (χ3v) is 4.62. The normalized spacial score (nSPS) is 26.6. The molecule has 1 heterocycles. The second-order valence-corrected chi connectivity index (χ2v) is 6.77. The van der Waals surface area contributed by atoms with Crippen molar-refractivity contribution < 1.29 is 4.79 Å². The lowest BCUT2D eigenvalue weighted by atomic mass is 9.88. The number of hydrogen-bond acceptors (Lipinski definition) is 2. The van der Waals surface area contributed by atoms with Gasteiger partial charge in [0.15, 0.2) is 0 Å². The van der Waals surface area contributed by atoms with Gasteiger partial charge < -0.3 is 10.2 Å². The van der Waals surface area contributed by atoms with E-state index in [4.69, 9.17) is 0 Å². The molecule has 2 fully saturated rings. The molecule has 3 heteroatoms. The number of nitrogens with one attached hydrogen (secondary N) is 1. The monoisotopic (exact) mass is 266 g/mol. The van der Waals surface area contributed by atoms with Gasteiger partial charge in [0.25, 0.3) is 0 Å². The maximum Gasteiger partial charge on any atom is 0.222 e. The molecule has 1 saturated carbocycles. The molecule has 0 aromatic carbocycles. The van der Waals surface area contributed by atoms with Crippen LogP contribution < -0.4 is 5.32 Å². The minimum absolute atomic E-state index is 0.105. The summed E-state index contributed by atoms with van der Waals surface area (Å²) in [4.78, 5) is 14.4. The van der Waals surface area contributed by atoms with E-state index in [2.05, 4.69) is 10.2 Å². The molecule has 1 amide bonds. The van der Waals surface area contributed by atoms with E-state index in [1.165, 1.54) is 51.6 Å². The number of piperidine rings is 1. The molecular formula is C16H30N2O. The molecule has 0 aromatic rings. The van der Waals surface area contributed by atoms with Crippen LogP contribution in [0.4, 0.5) is 0 Å². The van der Waals surface area contributed by atoms with Crippen LogP contribution in [0.2, 0.25) is 0 Å². The molecule has 0 aromatic heterocycles. The summed E-state index contributed by atoms with van der Waals surface area (Å²) >= 11 is 0. The number of rotatable bonds is 4. The van der Waals surface area contributed by atoms with Crippen LogP contribution in [0.5, 0.6) is 0 Å². The van der Waals surface area contributed by atoms with Crippen LogP contribution in [0.1, 0.15) is 58.8 Å². The van der Waals surface area contributed by atoms with Crippen molar-refractivity contribution in [2.24, 2.45) is 11.8 Å². The van der Waals surface area contributed by atoms with Gasteiger partial charge in [-0.2, -0.15) is 0 Å². The number of amides is 1. The van der Waals surface area contributed by atoms with Crippen molar-refractivity contribution in [1.82, 2.24) is 10.2 Å². The lowest BCUT2D eigenvalue weighted by Crippen LogP contribution is -2.49. The van der Waals surface area contributed by atoms with Crippen LogP contribution in [-0.4, -0.2) is 36.5 Å². The van der Waals surface area contributed by atoms with E-state index >= 15 is 0 Å². The van der Waals surface area contributed by atoms with E-state index in [0.717, 1.165) is 18.9 Å². The van der Waals surface area contributed by atoms with Crippen molar-refractivity contribution in [2.45, 2.75) is 64.8 Å². The highest BCUT2D eigenvalue weighted by molar-refractivity contribution is 5.78. The smallest absolute Gasteiger partial charge is 0.222 e. The Labute approximate surface area is 118 Å². The number of carbonyl (C=O) groups excluding carboxylic acids is 1. The van der Waals surface area contributed by atoms with Crippen LogP contribution in [0.25, 0.3) is 0 Å². The van der Waals surface area contributed by atoms with Gasteiger partial charge in [-0.1, -0.05) is 33.1 Å². The minimum atomic E-state index is 0.105. The second kappa shape index (κ2) is 7.28. The summed E-state index contributed by atoms with van der Waals surface area (Å²) in [6.07, 6.45) is 9.50. The molecule has 1 unspecified atom stereocenters. The zero-order valence-corrected chi connectivity index (χ0v) is 12.7. The van der Waals surface area contributed by atoms with Crippen LogP contribution in [0.15, 0.2) is 0 Å². The predicted molar refractivity (Wildman–Crippen MR) is 79.0 cm³/mol. The summed E-state index contributed by atoms with van der Waals surface area (Å²) in [5.41, 5.74) is 0. The molecule has 110 valence electrons. The Morgan fingerprint density at radius 3 is 2.58 bits per heavy atom. The van der Waals surface area contributed by atoms with Crippen molar-refractivity contribution >= 4 is 5.91 Å². The summed E-state index contributed by atoms with van der Waals surface area (Å²) in [7, 11) is 0. The van der Waals surface area contributed by atoms with Crippen molar-refractivity contribution in [1.29, 1.82) is 0 Å². The van der Waals surface area contributed by atoms with Gasteiger partial charge in [0.05, 0.1) is 0 Å². The van der Waals surface area contributed by atoms with Crippen molar-refractivity contribution in [3.8, 4) is 0 Å². The van der Waals surface area contributed by atoms with E-state index in [1.54, 1.807) is 0 Å². The zero-order chi connectivity index (χ0) is 13.7. The SMILES string of the molecule is CC(C)C(=O)NC1CCCN(CC2CCCCC2)C1. The Morgan fingerprint density at radius 1 is 1.16 bits per heavy atom. The summed E-state index contributed by atoms with van der Waals surface area (Å²) in [5, 5.41) is 3.20. The molecule has 1 aliphatic carbocycles. The third kappa shape index (κ3) is 4.79. The number of carbonyl (C=O) groups is 1. The Morgan fingerprint density at radius 2 is 1.89 bits per heavy atom. The highest BCUT2D eigenvalue weighted by Gasteiger charge is 2.24. The average Bonchev–Trinajstić information content (AvgIpc) is 2.40. The third-order valence-electron chi connectivity index (χ3n) is 4.62. The van der Waals surface area contributed by atoms with Crippen molar-refractivity contribution in [3.05, 3.63) is 0 Å². The molecule has 2 aliphatic rings. The van der Waals surface area contributed by atoms with E-state index in [-0.39, 0.29) is 11.8 Å². The number of nitrogens with zero attached hydrogens (tertiary/aromatic N) is 1. The molecule has 1 N–H and O–H groups in total. The van der Waals surface area contributed by atoms with E-state index in [1.807, 2.05) is 13.8 Å². The van der Waals surface area contributed by atoms with Crippen molar-refractivity contribution in [3.63, 3.8) is 0 Å². The van der Waals surface area contributed by atoms with E-state index in [0.29, 0.717) is 6.04 Å². The summed E-state index contributed by atoms with van der Waals surface area (Å²) < 4.78 is 0. The Balaban J connectivity index is 1.75. The minimum Gasteiger partial charge on any atom is -0.352 e. The lowest BCUT2D eigenvalue weighted by molar-refractivity contribution is -0.125. The average molecular weight is 266 g/mol. The van der Waals surface area contributed by atoms with E-state index in [9.17, 15) is 4.79 Å². The summed E-state index contributed by atoms with van der Waals surface area (Å²) in [6.45, 7) is 7.49. The maximum absolute atomic E-state index is 11.8. The first-order chi connectivity index (χ1) is 9.15. The van der Waals surface area contributed by atoms with Crippen LogP contribution in [0, 0.1) is 11.8 Å². The molecular weight excluding hydrogens is 236 g/mol. The summed E-state index contributed by atoms with van der Waals surface area (Å²) in [6, 6.07) is 0.382. The van der Waals surface area contributed by atoms with Gasteiger partial charge >= 0.3 is 0 Å². The quantitative estimate of drug-likeness (QED) is 0.848.